The Morgan fingerprint density at radius 3 is 2.67 bits per heavy atom. The van der Waals surface area contributed by atoms with Crippen LogP contribution >= 0.6 is 11.3 Å². The van der Waals surface area contributed by atoms with Gasteiger partial charge in [-0.3, -0.25) is 0 Å². The summed E-state index contributed by atoms with van der Waals surface area (Å²) in [5.41, 5.74) is 1.23. The molecule has 1 heterocycles. The quantitative estimate of drug-likeness (QED) is 0.706. The molecule has 0 unspecified atom stereocenters. The molecule has 2 aromatic rings. The summed E-state index contributed by atoms with van der Waals surface area (Å²) in [7, 11) is 0. The molecule has 114 valence electrons. The number of benzene rings is 1. The van der Waals surface area contributed by atoms with Crippen LogP contribution in [0, 0.1) is 0 Å². The normalized spacial score (nSPS) is 10.8. The zero-order valence-electron chi connectivity index (χ0n) is 12.9. The van der Waals surface area contributed by atoms with E-state index in [0.29, 0.717) is 6.61 Å². The SMILES string of the molecule is CCCNCc1sc(COc2ccccc2)nc1CCC. The van der Waals surface area contributed by atoms with Crippen LogP contribution in [-0.4, -0.2) is 11.5 Å². The maximum absolute atomic E-state index is 5.79. The van der Waals surface area contributed by atoms with Gasteiger partial charge in [0.05, 0.1) is 5.69 Å². The van der Waals surface area contributed by atoms with E-state index in [2.05, 4.69) is 19.2 Å². The van der Waals surface area contributed by atoms with Crippen molar-refractivity contribution < 1.29 is 4.74 Å². The molecule has 0 saturated heterocycles. The summed E-state index contributed by atoms with van der Waals surface area (Å²) in [6.45, 7) is 6.92. The fraction of sp³-hybridized carbons (Fsp3) is 0.471. The van der Waals surface area contributed by atoms with Gasteiger partial charge in [-0.15, -0.1) is 11.3 Å². The van der Waals surface area contributed by atoms with Crippen LogP contribution in [0.3, 0.4) is 0 Å². The van der Waals surface area contributed by atoms with Gasteiger partial charge in [-0.25, -0.2) is 4.98 Å². The number of rotatable bonds is 9. The van der Waals surface area contributed by atoms with E-state index in [4.69, 9.17) is 9.72 Å². The molecule has 4 heteroatoms. The Balaban J connectivity index is 1.97. The average Bonchev–Trinajstić information content (AvgIpc) is 2.89. The minimum Gasteiger partial charge on any atom is -0.486 e. The van der Waals surface area contributed by atoms with Crippen LogP contribution in [0.25, 0.3) is 0 Å². The van der Waals surface area contributed by atoms with Gasteiger partial charge in [0.25, 0.3) is 0 Å². The van der Waals surface area contributed by atoms with Crippen LogP contribution in [-0.2, 0) is 19.6 Å². The minimum absolute atomic E-state index is 0.555. The number of nitrogens with zero attached hydrogens (tertiary/aromatic N) is 1. The van der Waals surface area contributed by atoms with Crippen molar-refractivity contribution in [1.82, 2.24) is 10.3 Å². The van der Waals surface area contributed by atoms with Crippen molar-refractivity contribution in [2.75, 3.05) is 6.54 Å². The molecule has 0 aliphatic carbocycles. The number of thiazole rings is 1. The number of ether oxygens (including phenoxy) is 1. The van der Waals surface area contributed by atoms with Gasteiger partial charge >= 0.3 is 0 Å². The first-order valence-electron chi connectivity index (χ1n) is 7.69. The van der Waals surface area contributed by atoms with Crippen molar-refractivity contribution in [3.05, 3.63) is 45.9 Å². The zero-order valence-corrected chi connectivity index (χ0v) is 13.7. The van der Waals surface area contributed by atoms with E-state index >= 15 is 0 Å². The predicted molar refractivity (Wildman–Crippen MR) is 88.9 cm³/mol. The Kier molecular flexibility index (Phi) is 6.70. The Hall–Kier alpha value is -1.39. The number of para-hydroxylation sites is 1. The molecule has 0 amide bonds. The second kappa shape index (κ2) is 8.80. The lowest BCUT2D eigenvalue weighted by molar-refractivity contribution is 0.305. The lowest BCUT2D eigenvalue weighted by atomic mass is 10.2. The van der Waals surface area contributed by atoms with E-state index in [9.17, 15) is 0 Å². The van der Waals surface area contributed by atoms with Crippen molar-refractivity contribution in [2.45, 2.75) is 46.3 Å². The molecule has 0 fully saturated rings. The van der Waals surface area contributed by atoms with E-state index in [1.165, 1.54) is 10.6 Å². The standard InChI is InChI=1S/C17H24N2OS/c1-3-8-15-16(12-18-11-4-2)21-17(19-15)13-20-14-9-6-5-7-10-14/h5-7,9-10,18H,3-4,8,11-13H2,1-2H3. The number of nitrogens with one attached hydrogen (secondary N) is 1. The Morgan fingerprint density at radius 1 is 1.14 bits per heavy atom. The molecular weight excluding hydrogens is 280 g/mol. The van der Waals surface area contributed by atoms with Gasteiger partial charge in [0.1, 0.15) is 17.4 Å². The monoisotopic (exact) mass is 304 g/mol. The molecule has 0 bridgehead atoms. The fourth-order valence-electron chi connectivity index (χ4n) is 2.11. The first-order chi connectivity index (χ1) is 10.3. The smallest absolute Gasteiger partial charge is 0.140 e. The molecule has 21 heavy (non-hydrogen) atoms. The first kappa shape index (κ1) is 16.0. The highest BCUT2D eigenvalue weighted by molar-refractivity contribution is 7.11. The number of hydrogen-bond acceptors (Lipinski definition) is 4. The van der Waals surface area contributed by atoms with Crippen LogP contribution in [0.4, 0.5) is 0 Å². The van der Waals surface area contributed by atoms with Crippen molar-refractivity contribution in [3.63, 3.8) is 0 Å². The Labute approximate surface area is 131 Å². The van der Waals surface area contributed by atoms with Crippen LogP contribution in [0.2, 0.25) is 0 Å². The summed E-state index contributed by atoms with van der Waals surface area (Å²) in [4.78, 5) is 6.11. The van der Waals surface area contributed by atoms with Crippen LogP contribution in [0.1, 0.15) is 42.3 Å². The van der Waals surface area contributed by atoms with Gasteiger partial charge in [0.15, 0.2) is 0 Å². The van der Waals surface area contributed by atoms with Gasteiger partial charge < -0.3 is 10.1 Å². The topological polar surface area (TPSA) is 34.1 Å². The van der Waals surface area contributed by atoms with Crippen molar-refractivity contribution in [3.8, 4) is 5.75 Å². The second-order valence-corrected chi connectivity index (χ2v) is 6.17. The lowest BCUT2D eigenvalue weighted by Gasteiger charge is -2.02. The van der Waals surface area contributed by atoms with Gasteiger partial charge in [-0.1, -0.05) is 38.5 Å². The van der Waals surface area contributed by atoms with E-state index in [0.717, 1.165) is 43.1 Å². The molecule has 1 N–H and O–H groups in total. The lowest BCUT2D eigenvalue weighted by Crippen LogP contribution is -2.13. The van der Waals surface area contributed by atoms with Crippen LogP contribution in [0.5, 0.6) is 5.75 Å². The maximum Gasteiger partial charge on any atom is 0.140 e. The fourth-order valence-corrected chi connectivity index (χ4v) is 3.11. The molecule has 2 rings (SSSR count). The highest BCUT2D eigenvalue weighted by Crippen LogP contribution is 2.22. The number of aromatic nitrogens is 1. The summed E-state index contributed by atoms with van der Waals surface area (Å²) in [5, 5.41) is 4.53. The van der Waals surface area contributed by atoms with Gasteiger partial charge in [0.2, 0.25) is 0 Å². The highest BCUT2D eigenvalue weighted by Gasteiger charge is 2.10. The molecule has 3 nitrogen and oxygen atoms in total. The average molecular weight is 304 g/mol. The summed E-state index contributed by atoms with van der Waals surface area (Å²) < 4.78 is 5.79. The molecule has 0 saturated carbocycles. The molecular formula is C17H24N2OS. The van der Waals surface area contributed by atoms with Crippen molar-refractivity contribution in [1.29, 1.82) is 0 Å². The van der Waals surface area contributed by atoms with Gasteiger partial charge in [0, 0.05) is 11.4 Å². The summed E-state index contributed by atoms with van der Waals surface area (Å²) in [6, 6.07) is 9.92. The van der Waals surface area contributed by atoms with Crippen LogP contribution < -0.4 is 10.1 Å². The Morgan fingerprint density at radius 2 is 1.95 bits per heavy atom. The zero-order chi connectivity index (χ0) is 14.9. The summed E-state index contributed by atoms with van der Waals surface area (Å²) in [5.74, 6) is 0.899. The third-order valence-corrected chi connectivity index (χ3v) is 4.20. The van der Waals surface area contributed by atoms with Gasteiger partial charge in [-0.2, -0.15) is 0 Å². The van der Waals surface area contributed by atoms with Crippen molar-refractivity contribution >= 4 is 11.3 Å². The Bertz CT molecular complexity index is 525. The molecule has 1 aromatic carbocycles. The molecule has 1 aromatic heterocycles. The summed E-state index contributed by atoms with van der Waals surface area (Å²) >= 11 is 1.77. The maximum atomic E-state index is 5.79. The third-order valence-electron chi connectivity index (χ3n) is 3.13. The first-order valence-corrected chi connectivity index (χ1v) is 8.51. The third kappa shape index (κ3) is 5.14. The summed E-state index contributed by atoms with van der Waals surface area (Å²) in [6.07, 6.45) is 3.33. The molecule has 0 atom stereocenters. The van der Waals surface area contributed by atoms with Gasteiger partial charge in [-0.05, 0) is 31.5 Å². The molecule has 0 aliphatic heterocycles. The highest BCUT2D eigenvalue weighted by atomic mass is 32.1. The van der Waals surface area contributed by atoms with Crippen LogP contribution in [0.15, 0.2) is 30.3 Å². The van der Waals surface area contributed by atoms with E-state index < -0.39 is 0 Å². The van der Waals surface area contributed by atoms with E-state index in [1.54, 1.807) is 11.3 Å². The van der Waals surface area contributed by atoms with E-state index in [-0.39, 0.29) is 0 Å². The molecule has 0 radical (unpaired) electrons. The molecule has 0 spiro atoms. The number of hydrogen-bond donors (Lipinski definition) is 1. The number of aryl methyl sites for hydroxylation is 1. The molecule has 0 aliphatic rings. The van der Waals surface area contributed by atoms with Crippen molar-refractivity contribution in [2.24, 2.45) is 0 Å². The minimum atomic E-state index is 0.555. The second-order valence-electron chi connectivity index (χ2n) is 5.01. The van der Waals surface area contributed by atoms with E-state index in [1.807, 2.05) is 30.3 Å². The largest absolute Gasteiger partial charge is 0.486 e. The predicted octanol–water partition coefficient (Wildman–Crippen LogP) is 4.17.